The van der Waals surface area contributed by atoms with Gasteiger partial charge >= 0.3 is 5.97 Å². The first kappa shape index (κ1) is 22.1. The molecule has 3 heteroatoms. The van der Waals surface area contributed by atoms with Gasteiger partial charge in [0.2, 0.25) is 0 Å². The van der Waals surface area contributed by atoms with Gasteiger partial charge < -0.3 is 4.74 Å². The van der Waals surface area contributed by atoms with Gasteiger partial charge in [0, 0.05) is 0 Å². The summed E-state index contributed by atoms with van der Waals surface area (Å²) in [7, 11) is -1.09. The minimum absolute atomic E-state index is 0.139. The molecule has 1 aliphatic rings. The summed E-state index contributed by atoms with van der Waals surface area (Å²) >= 11 is 0. The molecule has 0 bridgehead atoms. The number of carbonyl (C=O) groups excluding carboxylic acids is 1. The number of ether oxygens (including phenoxy) is 1. The molecule has 0 radical (unpaired) electrons. The Morgan fingerprint density at radius 1 is 0.735 bits per heavy atom. The zero-order chi connectivity index (χ0) is 23.4. The maximum atomic E-state index is 13.4. The molecule has 0 heterocycles. The van der Waals surface area contributed by atoms with Gasteiger partial charge in [0.1, 0.15) is 0 Å². The summed E-state index contributed by atoms with van der Waals surface area (Å²) in [5.74, 6) is -0.149. The van der Waals surface area contributed by atoms with Gasteiger partial charge in [-0.15, -0.1) is 0 Å². The van der Waals surface area contributed by atoms with E-state index in [1.165, 1.54) is 22.7 Å². The Kier molecular flexibility index (Phi) is 6.04. The minimum Gasteiger partial charge on any atom is -0.468 e. The van der Waals surface area contributed by atoms with E-state index in [1.807, 2.05) is 18.2 Å². The van der Waals surface area contributed by atoms with Crippen LogP contribution in [-0.4, -0.2) is 21.2 Å². The molecule has 0 aliphatic heterocycles. The van der Waals surface area contributed by atoms with E-state index in [9.17, 15) is 4.79 Å². The van der Waals surface area contributed by atoms with Crippen molar-refractivity contribution in [1.82, 2.24) is 0 Å². The highest BCUT2D eigenvalue weighted by atomic mass is 28.3. The molecule has 2 nitrogen and oxygen atoms in total. The van der Waals surface area contributed by atoms with E-state index < -0.39 is 13.5 Å². The van der Waals surface area contributed by atoms with E-state index in [4.69, 9.17) is 4.74 Å². The first-order valence-corrected chi connectivity index (χ1v) is 13.8. The predicted molar refractivity (Wildman–Crippen MR) is 142 cm³/mol. The van der Waals surface area contributed by atoms with Crippen molar-refractivity contribution in [2.75, 3.05) is 7.11 Å². The van der Waals surface area contributed by atoms with Gasteiger partial charge in [0.05, 0.1) is 12.5 Å². The fourth-order valence-electron chi connectivity index (χ4n) is 5.50. The molecule has 5 rings (SSSR count). The van der Waals surface area contributed by atoms with Gasteiger partial charge in [-0.3, -0.25) is 4.79 Å². The SMILES string of the molecule is COC(=O)[C@@]1(/C=C/c2ccccc2)C[C@H]1[Si](c1ccccc1)(c1ccccc1)c1ccccc1. The number of carbonyl (C=O) groups is 1. The molecule has 2 atom stereocenters. The number of rotatable bonds is 7. The van der Waals surface area contributed by atoms with Crippen molar-refractivity contribution in [3.05, 3.63) is 133 Å². The minimum atomic E-state index is -2.59. The Balaban J connectivity index is 1.74. The van der Waals surface area contributed by atoms with Crippen molar-refractivity contribution in [2.45, 2.75) is 12.0 Å². The highest BCUT2D eigenvalue weighted by molar-refractivity contribution is 7.13. The molecule has 4 aromatic rings. The van der Waals surface area contributed by atoms with E-state index in [-0.39, 0.29) is 11.5 Å². The molecule has 4 aromatic carbocycles. The first-order chi connectivity index (χ1) is 16.7. The summed E-state index contributed by atoms with van der Waals surface area (Å²) in [6, 6.07) is 42.5. The zero-order valence-electron chi connectivity index (χ0n) is 19.3. The Morgan fingerprint density at radius 3 is 1.56 bits per heavy atom. The third kappa shape index (κ3) is 3.72. The molecule has 0 spiro atoms. The van der Waals surface area contributed by atoms with Crippen molar-refractivity contribution in [3.8, 4) is 0 Å². The Bertz CT molecular complexity index is 1170. The van der Waals surface area contributed by atoms with Crippen LogP contribution in [0.4, 0.5) is 0 Å². The van der Waals surface area contributed by atoms with E-state index in [2.05, 4.69) is 115 Å². The monoisotopic (exact) mass is 460 g/mol. The average Bonchev–Trinajstić information content (AvgIpc) is 3.66. The van der Waals surface area contributed by atoms with Gasteiger partial charge in [-0.2, -0.15) is 0 Å². The van der Waals surface area contributed by atoms with Crippen LogP contribution in [0.3, 0.4) is 0 Å². The lowest BCUT2D eigenvalue weighted by Gasteiger charge is -2.35. The van der Waals surface area contributed by atoms with E-state index in [0.29, 0.717) is 0 Å². The van der Waals surface area contributed by atoms with Crippen LogP contribution in [-0.2, 0) is 9.53 Å². The Labute approximate surface area is 202 Å². The highest BCUT2D eigenvalue weighted by Gasteiger charge is 2.69. The quantitative estimate of drug-likeness (QED) is 0.225. The molecule has 0 unspecified atom stereocenters. The number of hydrogen-bond acceptors (Lipinski definition) is 2. The Morgan fingerprint density at radius 2 is 1.15 bits per heavy atom. The average molecular weight is 461 g/mol. The van der Waals surface area contributed by atoms with Crippen LogP contribution in [0.25, 0.3) is 6.08 Å². The fraction of sp³-hybridized carbons (Fsp3) is 0.129. The van der Waals surface area contributed by atoms with Crippen molar-refractivity contribution in [2.24, 2.45) is 5.41 Å². The van der Waals surface area contributed by atoms with Crippen LogP contribution in [0.1, 0.15) is 12.0 Å². The van der Waals surface area contributed by atoms with Gasteiger partial charge in [0.25, 0.3) is 0 Å². The second-order valence-corrected chi connectivity index (χ2v) is 13.0. The summed E-state index contributed by atoms with van der Waals surface area (Å²) in [6.07, 6.45) is 4.96. The van der Waals surface area contributed by atoms with Gasteiger partial charge in [-0.25, -0.2) is 0 Å². The second-order valence-electron chi connectivity index (χ2n) is 8.94. The normalized spacial score (nSPS) is 19.6. The molecule has 168 valence electrons. The van der Waals surface area contributed by atoms with Crippen LogP contribution in [0, 0.1) is 5.41 Å². The maximum absolute atomic E-state index is 13.4. The molecular weight excluding hydrogens is 432 g/mol. The topological polar surface area (TPSA) is 26.3 Å². The predicted octanol–water partition coefficient (Wildman–Crippen LogP) is 4.80. The smallest absolute Gasteiger partial charge is 0.315 e. The van der Waals surface area contributed by atoms with Crippen LogP contribution < -0.4 is 15.6 Å². The number of methoxy groups -OCH3 is 1. The molecule has 0 amide bonds. The van der Waals surface area contributed by atoms with E-state index in [1.54, 1.807) is 0 Å². The second kappa shape index (κ2) is 9.28. The molecule has 0 saturated heterocycles. The van der Waals surface area contributed by atoms with Crippen molar-refractivity contribution >= 4 is 35.7 Å². The lowest BCUT2D eigenvalue weighted by atomic mass is 10.1. The van der Waals surface area contributed by atoms with Crippen molar-refractivity contribution in [1.29, 1.82) is 0 Å². The number of esters is 1. The molecule has 0 N–H and O–H groups in total. The van der Waals surface area contributed by atoms with Crippen molar-refractivity contribution < 1.29 is 9.53 Å². The molecule has 1 fully saturated rings. The molecular formula is C31H28O2Si. The lowest BCUT2D eigenvalue weighted by molar-refractivity contribution is -0.145. The third-order valence-corrected chi connectivity index (χ3v) is 12.6. The summed E-state index contributed by atoms with van der Waals surface area (Å²) in [6.45, 7) is 0. The van der Waals surface area contributed by atoms with Crippen LogP contribution >= 0.6 is 0 Å². The van der Waals surface area contributed by atoms with E-state index >= 15 is 0 Å². The highest BCUT2D eigenvalue weighted by Crippen LogP contribution is 2.64. The lowest BCUT2D eigenvalue weighted by Crippen LogP contribution is -2.68. The molecule has 0 aromatic heterocycles. The first-order valence-electron chi connectivity index (χ1n) is 11.7. The summed E-state index contributed by atoms with van der Waals surface area (Å²) in [4.78, 5) is 13.4. The molecule has 1 aliphatic carbocycles. The molecule has 1 saturated carbocycles. The van der Waals surface area contributed by atoms with Gasteiger partial charge in [0.15, 0.2) is 8.07 Å². The maximum Gasteiger partial charge on any atom is 0.315 e. The molecule has 34 heavy (non-hydrogen) atoms. The summed E-state index contributed by atoms with van der Waals surface area (Å²) in [5, 5.41) is 3.95. The fourth-order valence-corrected chi connectivity index (χ4v) is 11.5. The summed E-state index contributed by atoms with van der Waals surface area (Å²) in [5.41, 5.74) is 0.570. The van der Waals surface area contributed by atoms with Crippen LogP contribution in [0.5, 0.6) is 0 Å². The van der Waals surface area contributed by atoms with Gasteiger partial charge in [-0.05, 0) is 33.1 Å². The Hall–Kier alpha value is -3.69. The van der Waals surface area contributed by atoms with Crippen LogP contribution in [0.15, 0.2) is 127 Å². The standard InChI is InChI=1S/C31H28O2Si/c1-33-30(32)31(23-22-25-14-6-2-7-15-25)24-29(31)34(26-16-8-3-9-17-26,27-18-10-4-11-19-27)28-20-12-5-13-21-28/h2-23,29H,24H2,1H3/b23-22+/t29-,31+/m1/s1. The van der Waals surface area contributed by atoms with Crippen molar-refractivity contribution in [3.63, 3.8) is 0 Å². The van der Waals surface area contributed by atoms with E-state index in [0.717, 1.165) is 12.0 Å². The number of hydrogen-bond donors (Lipinski definition) is 0. The number of benzene rings is 4. The largest absolute Gasteiger partial charge is 0.468 e. The summed E-state index contributed by atoms with van der Waals surface area (Å²) < 4.78 is 5.43. The zero-order valence-corrected chi connectivity index (χ0v) is 20.3. The van der Waals surface area contributed by atoms with Crippen LogP contribution in [0.2, 0.25) is 5.54 Å². The third-order valence-electron chi connectivity index (χ3n) is 7.15. The van der Waals surface area contributed by atoms with Gasteiger partial charge in [-0.1, -0.05) is 133 Å².